The van der Waals surface area contributed by atoms with Gasteiger partial charge in [-0.3, -0.25) is 4.98 Å². The summed E-state index contributed by atoms with van der Waals surface area (Å²) in [6.07, 6.45) is 3.46. The van der Waals surface area contributed by atoms with Crippen LogP contribution in [0.25, 0.3) is 0 Å². The van der Waals surface area contributed by atoms with Crippen LogP contribution in [0.1, 0.15) is 24.2 Å². The van der Waals surface area contributed by atoms with Gasteiger partial charge in [-0.2, -0.15) is 0 Å². The standard InChI is InChI=1S/C15H16BrNO2/c1-2-19-14-5-3-4-12(8-14)15(18)7-11-6-13(16)10-17-9-11/h3-6,8-10,15,18H,2,7H2,1H3. The predicted molar refractivity (Wildman–Crippen MR) is 78.2 cm³/mol. The number of benzene rings is 1. The van der Waals surface area contributed by atoms with E-state index in [4.69, 9.17) is 4.74 Å². The van der Waals surface area contributed by atoms with E-state index in [2.05, 4.69) is 20.9 Å². The summed E-state index contributed by atoms with van der Waals surface area (Å²) in [6, 6.07) is 9.52. The van der Waals surface area contributed by atoms with Gasteiger partial charge in [-0.05, 0) is 52.2 Å². The second kappa shape index (κ2) is 6.68. The van der Waals surface area contributed by atoms with Gasteiger partial charge in [0.15, 0.2) is 0 Å². The first-order valence-corrected chi connectivity index (χ1v) is 6.98. The van der Waals surface area contributed by atoms with Crippen LogP contribution in [-0.4, -0.2) is 16.7 Å². The van der Waals surface area contributed by atoms with Crippen molar-refractivity contribution in [1.29, 1.82) is 0 Å². The van der Waals surface area contributed by atoms with Gasteiger partial charge in [0.25, 0.3) is 0 Å². The van der Waals surface area contributed by atoms with Crippen LogP contribution >= 0.6 is 15.9 Å². The SMILES string of the molecule is CCOc1cccc(C(O)Cc2cncc(Br)c2)c1. The summed E-state index contributed by atoms with van der Waals surface area (Å²) >= 11 is 3.38. The highest BCUT2D eigenvalue weighted by Crippen LogP contribution is 2.23. The third-order valence-corrected chi connectivity index (χ3v) is 3.18. The fourth-order valence-electron chi connectivity index (χ4n) is 1.89. The van der Waals surface area contributed by atoms with Crippen LogP contribution in [0.5, 0.6) is 5.75 Å². The number of aliphatic hydroxyl groups excluding tert-OH is 1. The zero-order valence-electron chi connectivity index (χ0n) is 10.7. The Bertz CT molecular complexity index is 545. The highest BCUT2D eigenvalue weighted by molar-refractivity contribution is 9.10. The van der Waals surface area contributed by atoms with Crippen molar-refractivity contribution < 1.29 is 9.84 Å². The molecule has 0 radical (unpaired) electrons. The maximum absolute atomic E-state index is 10.3. The smallest absolute Gasteiger partial charge is 0.119 e. The topological polar surface area (TPSA) is 42.4 Å². The summed E-state index contributed by atoms with van der Waals surface area (Å²) in [4.78, 5) is 4.10. The molecule has 1 heterocycles. The lowest BCUT2D eigenvalue weighted by Gasteiger charge is -2.12. The lowest BCUT2D eigenvalue weighted by molar-refractivity contribution is 0.177. The molecule has 0 aliphatic heterocycles. The average molecular weight is 322 g/mol. The number of aliphatic hydroxyl groups is 1. The summed E-state index contributed by atoms with van der Waals surface area (Å²) in [7, 11) is 0. The van der Waals surface area contributed by atoms with Gasteiger partial charge in [-0.25, -0.2) is 0 Å². The summed E-state index contributed by atoms with van der Waals surface area (Å²) in [5, 5.41) is 10.3. The monoisotopic (exact) mass is 321 g/mol. The van der Waals surface area contributed by atoms with E-state index in [1.165, 1.54) is 0 Å². The molecule has 2 rings (SSSR count). The molecule has 1 atom stereocenters. The molecule has 0 saturated heterocycles. The summed E-state index contributed by atoms with van der Waals surface area (Å²) in [5.41, 5.74) is 1.84. The van der Waals surface area contributed by atoms with Crippen LogP contribution in [0.15, 0.2) is 47.2 Å². The van der Waals surface area contributed by atoms with E-state index in [1.807, 2.05) is 37.3 Å². The average Bonchev–Trinajstić information content (AvgIpc) is 2.39. The van der Waals surface area contributed by atoms with Crippen molar-refractivity contribution >= 4 is 15.9 Å². The van der Waals surface area contributed by atoms with E-state index >= 15 is 0 Å². The third kappa shape index (κ3) is 4.04. The van der Waals surface area contributed by atoms with Gasteiger partial charge in [0.05, 0.1) is 12.7 Å². The lowest BCUT2D eigenvalue weighted by atomic mass is 10.0. The van der Waals surface area contributed by atoms with Crippen LogP contribution in [0.3, 0.4) is 0 Å². The molecule has 0 aliphatic rings. The van der Waals surface area contributed by atoms with Gasteiger partial charge in [-0.15, -0.1) is 0 Å². The Morgan fingerprint density at radius 3 is 2.89 bits per heavy atom. The summed E-state index contributed by atoms with van der Waals surface area (Å²) in [5.74, 6) is 0.784. The number of rotatable bonds is 5. The Morgan fingerprint density at radius 1 is 1.32 bits per heavy atom. The molecule has 1 N–H and O–H groups in total. The maximum atomic E-state index is 10.3. The minimum absolute atomic E-state index is 0.530. The molecular formula is C15H16BrNO2. The molecule has 3 nitrogen and oxygen atoms in total. The molecule has 19 heavy (non-hydrogen) atoms. The number of nitrogens with zero attached hydrogens (tertiary/aromatic N) is 1. The highest BCUT2D eigenvalue weighted by Gasteiger charge is 2.10. The molecule has 1 aromatic heterocycles. The van der Waals surface area contributed by atoms with Crippen molar-refractivity contribution in [2.45, 2.75) is 19.4 Å². The van der Waals surface area contributed by atoms with E-state index in [9.17, 15) is 5.11 Å². The Morgan fingerprint density at radius 2 is 2.16 bits per heavy atom. The van der Waals surface area contributed by atoms with Gasteiger partial charge in [0.1, 0.15) is 5.75 Å². The molecular weight excluding hydrogens is 306 g/mol. The van der Waals surface area contributed by atoms with Gasteiger partial charge >= 0.3 is 0 Å². The fourth-order valence-corrected chi connectivity index (χ4v) is 2.30. The van der Waals surface area contributed by atoms with Crippen molar-refractivity contribution in [2.24, 2.45) is 0 Å². The van der Waals surface area contributed by atoms with Crippen molar-refractivity contribution in [2.75, 3.05) is 6.61 Å². The Hall–Kier alpha value is -1.39. The molecule has 100 valence electrons. The van der Waals surface area contributed by atoms with Crippen LogP contribution in [0, 0.1) is 0 Å². The molecule has 0 amide bonds. The van der Waals surface area contributed by atoms with Crippen LogP contribution in [0.4, 0.5) is 0 Å². The Kier molecular flexibility index (Phi) is 4.93. The number of hydrogen-bond donors (Lipinski definition) is 1. The maximum Gasteiger partial charge on any atom is 0.119 e. The first-order chi connectivity index (χ1) is 9.19. The van der Waals surface area contributed by atoms with E-state index in [1.54, 1.807) is 12.4 Å². The Balaban J connectivity index is 2.11. The molecule has 2 aromatic rings. The molecule has 0 spiro atoms. The number of pyridine rings is 1. The normalized spacial score (nSPS) is 12.2. The number of ether oxygens (including phenoxy) is 1. The van der Waals surface area contributed by atoms with Crippen molar-refractivity contribution in [3.05, 3.63) is 58.3 Å². The fraction of sp³-hybridized carbons (Fsp3) is 0.267. The number of aromatic nitrogens is 1. The van der Waals surface area contributed by atoms with E-state index in [0.29, 0.717) is 13.0 Å². The van der Waals surface area contributed by atoms with Crippen LogP contribution < -0.4 is 4.74 Å². The van der Waals surface area contributed by atoms with Gasteiger partial charge in [0, 0.05) is 23.3 Å². The quantitative estimate of drug-likeness (QED) is 0.916. The number of hydrogen-bond acceptors (Lipinski definition) is 3. The van der Waals surface area contributed by atoms with Crippen molar-refractivity contribution in [3.63, 3.8) is 0 Å². The second-order valence-corrected chi connectivity index (χ2v) is 5.15. The van der Waals surface area contributed by atoms with Crippen molar-refractivity contribution in [3.8, 4) is 5.75 Å². The summed E-state index contributed by atoms with van der Waals surface area (Å²) in [6.45, 7) is 2.56. The highest BCUT2D eigenvalue weighted by atomic mass is 79.9. The van der Waals surface area contributed by atoms with Gasteiger partial charge in [-0.1, -0.05) is 12.1 Å². The minimum Gasteiger partial charge on any atom is -0.494 e. The second-order valence-electron chi connectivity index (χ2n) is 4.24. The molecule has 1 unspecified atom stereocenters. The van der Waals surface area contributed by atoms with E-state index < -0.39 is 6.10 Å². The van der Waals surface area contributed by atoms with E-state index in [0.717, 1.165) is 21.3 Å². The zero-order valence-corrected chi connectivity index (χ0v) is 12.3. The van der Waals surface area contributed by atoms with Gasteiger partial charge in [0.2, 0.25) is 0 Å². The first kappa shape index (κ1) is 14.0. The molecule has 0 bridgehead atoms. The minimum atomic E-state index is -0.559. The van der Waals surface area contributed by atoms with Gasteiger partial charge < -0.3 is 9.84 Å². The predicted octanol–water partition coefficient (Wildman–Crippen LogP) is 3.52. The molecule has 0 saturated carbocycles. The molecule has 4 heteroatoms. The van der Waals surface area contributed by atoms with Crippen LogP contribution in [0.2, 0.25) is 0 Å². The van der Waals surface area contributed by atoms with Crippen LogP contribution in [-0.2, 0) is 6.42 Å². The largest absolute Gasteiger partial charge is 0.494 e. The lowest BCUT2D eigenvalue weighted by Crippen LogP contribution is -2.03. The Labute approximate surface area is 121 Å². The molecule has 0 aliphatic carbocycles. The zero-order chi connectivity index (χ0) is 13.7. The number of halogens is 1. The van der Waals surface area contributed by atoms with E-state index in [-0.39, 0.29) is 0 Å². The molecule has 1 aromatic carbocycles. The summed E-state index contributed by atoms with van der Waals surface area (Å²) < 4.78 is 6.35. The first-order valence-electron chi connectivity index (χ1n) is 6.19. The molecule has 0 fully saturated rings. The third-order valence-electron chi connectivity index (χ3n) is 2.74. The van der Waals surface area contributed by atoms with Crippen molar-refractivity contribution in [1.82, 2.24) is 4.98 Å².